The highest BCUT2D eigenvalue weighted by atomic mass is 16.5. The SMILES string of the molecule is CCOCCNC(=NC)NCc1ccc(N2CCC(C)CC2)cc1. The lowest BCUT2D eigenvalue weighted by Crippen LogP contribution is -2.38. The van der Waals surface area contributed by atoms with Crippen LogP contribution in [-0.4, -0.2) is 45.9 Å². The minimum atomic E-state index is 0.695. The quantitative estimate of drug-likeness (QED) is 0.458. The number of anilines is 1. The smallest absolute Gasteiger partial charge is 0.191 e. The summed E-state index contributed by atoms with van der Waals surface area (Å²) in [6.07, 6.45) is 2.60. The highest BCUT2D eigenvalue weighted by Gasteiger charge is 2.15. The first-order valence-electron chi connectivity index (χ1n) is 9.09. The second-order valence-corrected chi connectivity index (χ2v) is 6.39. The molecule has 0 radical (unpaired) electrons. The molecule has 0 bridgehead atoms. The van der Waals surface area contributed by atoms with E-state index < -0.39 is 0 Å². The Kier molecular flexibility index (Phi) is 7.89. The van der Waals surface area contributed by atoms with Gasteiger partial charge in [0.1, 0.15) is 0 Å². The maximum atomic E-state index is 5.32. The maximum Gasteiger partial charge on any atom is 0.191 e. The van der Waals surface area contributed by atoms with Crippen LogP contribution in [0.3, 0.4) is 0 Å². The van der Waals surface area contributed by atoms with Crippen molar-refractivity contribution >= 4 is 11.6 Å². The Hall–Kier alpha value is -1.75. The molecule has 0 unspecified atom stereocenters. The summed E-state index contributed by atoms with van der Waals surface area (Å²) in [5.74, 6) is 1.68. The number of ether oxygens (including phenoxy) is 1. The van der Waals surface area contributed by atoms with E-state index in [1.807, 2.05) is 6.92 Å². The molecule has 2 N–H and O–H groups in total. The average Bonchev–Trinajstić information content (AvgIpc) is 2.62. The van der Waals surface area contributed by atoms with E-state index in [0.717, 1.165) is 31.6 Å². The number of rotatable bonds is 7. The van der Waals surface area contributed by atoms with Crippen molar-refractivity contribution in [1.29, 1.82) is 0 Å². The third-order valence-corrected chi connectivity index (χ3v) is 4.51. The lowest BCUT2D eigenvalue weighted by molar-refractivity contribution is 0.152. The fourth-order valence-corrected chi connectivity index (χ4v) is 2.88. The molecule has 0 aliphatic carbocycles. The Bertz CT molecular complexity index is 493. The predicted octanol–water partition coefficient (Wildman–Crippen LogP) is 2.62. The summed E-state index contributed by atoms with van der Waals surface area (Å²) in [5, 5.41) is 6.58. The zero-order chi connectivity index (χ0) is 17.2. The molecule has 1 saturated heterocycles. The Morgan fingerprint density at radius 1 is 1.21 bits per heavy atom. The summed E-state index contributed by atoms with van der Waals surface area (Å²) < 4.78 is 5.32. The second-order valence-electron chi connectivity index (χ2n) is 6.39. The van der Waals surface area contributed by atoms with Gasteiger partial charge in [0.15, 0.2) is 5.96 Å². The van der Waals surface area contributed by atoms with Gasteiger partial charge in [0, 0.05) is 45.5 Å². The second kappa shape index (κ2) is 10.2. The van der Waals surface area contributed by atoms with Crippen molar-refractivity contribution in [2.45, 2.75) is 33.2 Å². The topological polar surface area (TPSA) is 48.9 Å². The van der Waals surface area contributed by atoms with Crippen LogP contribution in [0.15, 0.2) is 29.3 Å². The first-order chi connectivity index (χ1) is 11.7. The molecule has 2 rings (SSSR count). The fourth-order valence-electron chi connectivity index (χ4n) is 2.88. The summed E-state index contributed by atoms with van der Waals surface area (Å²) in [6.45, 7) is 9.68. The van der Waals surface area contributed by atoms with Gasteiger partial charge in [-0.2, -0.15) is 0 Å². The number of benzene rings is 1. The van der Waals surface area contributed by atoms with E-state index in [-0.39, 0.29) is 0 Å². The van der Waals surface area contributed by atoms with Crippen molar-refractivity contribution in [2.75, 3.05) is 44.8 Å². The number of hydrogen-bond donors (Lipinski definition) is 2. The summed E-state index contributed by atoms with van der Waals surface area (Å²) in [4.78, 5) is 6.72. The Labute approximate surface area is 146 Å². The van der Waals surface area contributed by atoms with Crippen molar-refractivity contribution in [1.82, 2.24) is 10.6 Å². The molecule has 1 aromatic rings. The van der Waals surface area contributed by atoms with Gasteiger partial charge in [-0.25, -0.2) is 0 Å². The lowest BCUT2D eigenvalue weighted by Gasteiger charge is -2.32. The number of aliphatic imine (C=N–C) groups is 1. The standard InChI is InChI=1S/C19H32N4O/c1-4-24-14-11-21-19(20-3)22-15-17-5-7-18(8-6-17)23-12-9-16(2)10-13-23/h5-8,16H,4,9-15H2,1-3H3,(H2,20,21,22). The van der Waals surface area contributed by atoms with E-state index in [1.54, 1.807) is 7.05 Å². The molecule has 0 saturated carbocycles. The molecule has 0 aromatic heterocycles. The van der Waals surface area contributed by atoms with Gasteiger partial charge in [-0.3, -0.25) is 4.99 Å². The molecule has 0 amide bonds. The summed E-state index contributed by atoms with van der Waals surface area (Å²) in [7, 11) is 1.79. The van der Waals surface area contributed by atoms with Crippen LogP contribution in [-0.2, 0) is 11.3 Å². The molecule has 1 heterocycles. The van der Waals surface area contributed by atoms with E-state index in [4.69, 9.17) is 4.74 Å². The molecular formula is C19H32N4O. The van der Waals surface area contributed by atoms with E-state index >= 15 is 0 Å². The molecule has 134 valence electrons. The molecule has 1 aliphatic heterocycles. The molecule has 5 heteroatoms. The summed E-state index contributed by atoms with van der Waals surface area (Å²) >= 11 is 0. The average molecular weight is 332 g/mol. The fraction of sp³-hybridized carbons (Fsp3) is 0.632. The first kappa shape index (κ1) is 18.6. The zero-order valence-corrected chi connectivity index (χ0v) is 15.3. The van der Waals surface area contributed by atoms with Gasteiger partial charge in [-0.1, -0.05) is 19.1 Å². The van der Waals surface area contributed by atoms with Gasteiger partial charge >= 0.3 is 0 Å². The van der Waals surface area contributed by atoms with Crippen LogP contribution < -0.4 is 15.5 Å². The third kappa shape index (κ3) is 6.04. The monoisotopic (exact) mass is 332 g/mol. The third-order valence-electron chi connectivity index (χ3n) is 4.51. The Morgan fingerprint density at radius 3 is 2.54 bits per heavy atom. The maximum absolute atomic E-state index is 5.32. The van der Waals surface area contributed by atoms with Gasteiger partial charge < -0.3 is 20.3 Å². The summed E-state index contributed by atoms with van der Waals surface area (Å²) in [6, 6.07) is 8.87. The summed E-state index contributed by atoms with van der Waals surface area (Å²) in [5.41, 5.74) is 2.60. The number of piperidine rings is 1. The van der Waals surface area contributed by atoms with Gasteiger partial charge in [0.2, 0.25) is 0 Å². The van der Waals surface area contributed by atoms with E-state index in [2.05, 4.69) is 51.7 Å². The van der Waals surface area contributed by atoms with Crippen molar-refractivity contribution < 1.29 is 4.74 Å². The normalized spacial score (nSPS) is 16.3. The molecule has 1 aliphatic rings. The lowest BCUT2D eigenvalue weighted by atomic mass is 9.99. The van der Waals surface area contributed by atoms with Crippen LogP contribution in [0.25, 0.3) is 0 Å². The number of nitrogens with one attached hydrogen (secondary N) is 2. The van der Waals surface area contributed by atoms with Crippen molar-refractivity contribution in [3.63, 3.8) is 0 Å². The highest BCUT2D eigenvalue weighted by Crippen LogP contribution is 2.23. The number of guanidine groups is 1. The van der Waals surface area contributed by atoms with Gasteiger partial charge in [0.25, 0.3) is 0 Å². The van der Waals surface area contributed by atoms with Crippen LogP contribution in [0.1, 0.15) is 32.3 Å². The minimum absolute atomic E-state index is 0.695. The van der Waals surface area contributed by atoms with Crippen LogP contribution in [0.2, 0.25) is 0 Å². The van der Waals surface area contributed by atoms with Gasteiger partial charge in [-0.05, 0) is 43.4 Å². The van der Waals surface area contributed by atoms with Gasteiger partial charge in [-0.15, -0.1) is 0 Å². The molecule has 5 nitrogen and oxygen atoms in total. The van der Waals surface area contributed by atoms with E-state index in [9.17, 15) is 0 Å². The highest BCUT2D eigenvalue weighted by molar-refractivity contribution is 5.79. The molecule has 0 spiro atoms. The molecule has 1 fully saturated rings. The molecular weight excluding hydrogens is 300 g/mol. The minimum Gasteiger partial charge on any atom is -0.380 e. The van der Waals surface area contributed by atoms with Crippen molar-refractivity contribution in [3.8, 4) is 0 Å². The van der Waals surface area contributed by atoms with Crippen LogP contribution in [0, 0.1) is 5.92 Å². The molecule has 24 heavy (non-hydrogen) atoms. The van der Waals surface area contributed by atoms with Crippen LogP contribution in [0.4, 0.5) is 5.69 Å². The zero-order valence-electron chi connectivity index (χ0n) is 15.3. The van der Waals surface area contributed by atoms with Crippen molar-refractivity contribution in [2.24, 2.45) is 10.9 Å². The van der Waals surface area contributed by atoms with Crippen LogP contribution in [0.5, 0.6) is 0 Å². The number of hydrogen-bond acceptors (Lipinski definition) is 3. The Balaban J connectivity index is 1.76. The van der Waals surface area contributed by atoms with E-state index in [1.165, 1.54) is 37.2 Å². The van der Waals surface area contributed by atoms with E-state index in [0.29, 0.717) is 6.61 Å². The number of nitrogens with zero attached hydrogens (tertiary/aromatic N) is 2. The first-order valence-corrected chi connectivity index (χ1v) is 9.09. The largest absolute Gasteiger partial charge is 0.380 e. The van der Waals surface area contributed by atoms with Crippen LogP contribution >= 0.6 is 0 Å². The van der Waals surface area contributed by atoms with Gasteiger partial charge in [0.05, 0.1) is 6.61 Å². The Morgan fingerprint density at radius 2 is 1.92 bits per heavy atom. The molecule has 1 aromatic carbocycles. The predicted molar refractivity (Wildman–Crippen MR) is 102 cm³/mol. The molecule has 0 atom stereocenters. The van der Waals surface area contributed by atoms with Crippen molar-refractivity contribution in [3.05, 3.63) is 29.8 Å².